The van der Waals surface area contributed by atoms with Gasteiger partial charge in [-0.25, -0.2) is 4.79 Å². The molecule has 2 N–H and O–H groups in total. The summed E-state index contributed by atoms with van der Waals surface area (Å²) in [6.07, 6.45) is 0. The van der Waals surface area contributed by atoms with Gasteiger partial charge in [-0.15, -0.1) is 0 Å². The Labute approximate surface area is 182 Å². The molecule has 0 saturated heterocycles. The highest BCUT2D eigenvalue weighted by atomic mass is 16.5. The number of carbonyl (C=O) groups excluding carboxylic acids is 2. The van der Waals surface area contributed by atoms with Crippen molar-refractivity contribution in [2.24, 2.45) is 0 Å². The summed E-state index contributed by atoms with van der Waals surface area (Å²) in [5.74, 6) is -0.0686. The van der Waals surface area contributed by atoms with Gasteiger partial charge in [0.15, 0.2) is 0 Å². The largest absolute Gasteiger partial charge is 0.489 e. The summed E-state index contributed by atoms with van der Waals surface area (Å²) in [4.78, 5) is 24.8. The summed E-state index contributed by atoms with van der Waals surface area (Å²) in [5, 5.41) is 5.91. The maximum Gasteiger partial charge on any atom is 0.330 e. The van der Waals surface area contributed by atoms with E-state index in [0.29, 0.717) is 12.2 Å². The first-order valence-electron chi connectivity index (χ1n) is 10.2. The highest BCUT2D eigenvalue weighted by Gasteiger charge is 2.22. The van der Waals surface area contributed by atoms with E-state index in [2.05, 4.69) is 10.6 Å². The third kappa shape index (κ3) is 6.89. The smallest absolute Gasteiger partial charge is 0.330 e. The number of rotatable bonds is 10. The molecular weight excluding hydrogens is 392 g/mol. The molecule has 31 heavy (non-hydrogen) atoms. The van der Waals surface area contributed by atoms with Gasteiger partial charge in [-0.05, 0) is 48.9 Å². The zero-order valence-corrected chi connectivity index (χ0v) is 17.4. The molecule has 3 rings (SSSR count). The van der Waals surface area contributed by atoms with Gasteiger partial charge in [0.05, 0.1) is 6.61 Å². The minimum absolute atomic E-state index is 0.196. The second-order valence-corrected chi connectivity index (χ2v) is 6.82. The summed E-state index contributed by atoms with van der Waals surface area (Å²) in [7, 11) is 0. The number of esters is 1. The minimum Gasteiger partial charge on any atom is -0.489 e. The number of benzene rings is 3. The molecule has 0 aliphatic heterocycles. The molecule has 0 aliphatic rings. The Balaban J connectivity index is 1.56. The van der Waals surface area contributed by atoms with Gasteiger partial charge in [-0.2, -0.15) is 0 Å². The summed E-state index contributed by atoms with van der Waals surface area (Å²) in [6, 6.07) is 25.3. The first-order valence-corrected chi connectivity index (χ1v) is 10.2. The number of ether oxygens (including phenoxy) is 2. The number of hydrogen-bond donors (Lipinski definition) is 2. The summed E-state index contributed by atoms with van der Waals surface area (Å²) in [6.45, 7) is 2.66. The predicted octanol–water partition coefficient (Wildman–Crippen LogP) is 4.04. The number of anilines is 1. The lowest BCUT2D eigenvalue weighted by molar-refractivity contribution is -0.145. The van der Waals surface area contributed by atoms with Gasteiger partial charge in [0.25, 0.3) is 5.91 Å². The van der Waals surface area contributed by atoms with Gasteiger partial charge in [-0.3, -0.25) is 4.79 Å². The molecule has 160 valence electrons. The van der Waals surface area contributed by atoms with E-state index in [1.54, 1.807) is 31.2 Å². The molecule has 6 heteroatoms. The van der Waals surface area contributed by atoms with E-state index in [1.807, 2.05) is 60.7 Å². The van der Waals surface area contributed by atoms with Crippen molar-refractivity contribution in [2.75, 3.05) is 18.5 Å². The van der Waals surface area contributed by atoms with Crippen molar-refractivity contribution >= 4 is 17.6 Å². The molecule has 1 unspecified atom stereocenters. The van der Waals surface area contributed by atoms with Gasteiger partial charge in [0.1, 0.15) is 18.4 Å². The molecule has 0 saturated carbocycles. The highest BCUT2D eigenvalue weighted by Crippen LogP contribution is 2.17. The Morgan fingerprint density at radius 2 is 1.52 bits per heavy atom. The fourth-order valence-corrected chi connectivity index (χ4v) is 2.90. The molecular formula is C25H26N2O4. The summed E-state index contributed by atoms with van der Waals surface area (Å²) in [5.41, 5.74) is 2.38. The van der Waals surface area contributed by atoms with E-state index >= 15 is 0 Å². The lowest BCUT2D eigenvalue weighted by Crippen LogP contribution is -2.46. The Hall–Kier alpha value is -3.80. The summed E-state index contributed by atoms with van der Waals surface area (Å²) >= 11 is 0. The number of nitrogens with one attached hydrogen (secondary N) is 2. The minimum atomic E-state index is -0.818. The Morgan fingerprint density at radius 1 is 0.871 bits per heavy atom. The Kier molecular flexibility index (Phi) is 8.05. The zero-order valence-electron chi connectivity index (χ0n) is 17.4. The molecule has 0 bridgehead atoms. The van der Waals surface area contributed by atoms with Crippen molar-refractivity contribution in [3.05, 3.63) is 96.1 Å². The van der Waals surface area contributed by atoms with Crippen LogP contribution in [0, 0.1) is 0 Å². The van der Waals surface area contributed by atoms with Crippen molar-refractivity contribution < 1.29 is 19.1 Å². The average molecular weight is 418 g/mol. The van der Waals surface area contributed by atoms with E-state index in [9.17, 15) is 9.59 Å². The molecule has 6 nitrogen and oxygen atoms in total. The maximum atomic E-state index is 12.4. The lowest BCUT2D eigenvalue weighted by atomic mass is 10.2. The van der Waals surface area contributed by atoms with Crippen LogP contribution in [-0.2, 0) is 16.1 Å². The third-order valence-corrected chi connectivity index (χ3v) is 4.53. The van der Waals surface area contributed by atoms with Gasteiger partial charge < -0.3 is 20.1 Å². The quantitative estimate of drug-likeness (QED) is 0.486. The van der Waals surface area contributed by atoms with E-state index in [1.165, 1.54) is 0 Å². The molecule has 0 aliphatic carbocycles. The van der Waals surface area contributed by atoms with Crippen molar-refractivity contribution in [1.82, 2.24) is 5.32 Å². The second kappa shape index (κ2) is 11.4. The molecule has 3 aromatic carbocycles. The lowest BCUT2D eigenvalue weighted by Gasteiger charge is -2.18. The highest BCUT2D eigenvalue weighted by molar-refractivity contribution is 5.96. The van der Waals surface area contributed by atoms with Crippen LogP contribution in [0.15, 0.2) is 84.9 Å². The van der Waals surface area contributed by atoms with Crippen molar-refractivity contribution in [1.29, 1.82) is 0 Å². The van der Waals surface area contributed by atoms with Crippen LogP contribution in [0.2, 0.25) is 0 Å². The molecule has 0 heterocycles. The SMILES string of the molecule is CCOC(=O)C(CNc1ccc(OCc2ccccc2)cc1)NC(=O)c1ccccc1. The average Bonchev–Trinajstić information content (AvgIpc) is 2.82. The molecule has 3 aromatic rings. The standard InChI is InChI=1S/C25H26N2O4/c1-2-30-25(29)23(27-24(28)20-11-7-4-8-12-20)17-26-21-13-15-22(16-14-21)31-18-19-9-5-3-6-10-19/h3-16,23,26H,2,17-18H2,1H3,(H,27,28). The Morgan fingerprint density at radius 3 is 2.16 bits per heavy atom. The molecule has 1 amide bonds. The van der Waals surface area contributed by atoms with Crippen LogP contribution in [-0.4, -0.2) is 31.1 Å². The number of hydrogen-bond acceptors (Lipinski definition) is 5. The monoisotopic (exact) mass is 418 g/mol. The van der Waals surface area contributed by atoms with E-state index in [4.69, 9.17) is 9.47 Å². The fraction of sp³-hybridized carbons (Fsp3) is 0.200. The van der Waals surface area contributed by atoms with Crippen LogP contribution >= 0.6 is 0 Å². The fourth-order valence-electron chi connectivity index (χ4n) is 2.90. The number of carbonyl (C=O) groups is 2. The summed E-state index contributed by atoms with van der Waals surface area (Å²) < 4.78 is 10.9. The molecule has 1 atom stereocenters. The Bertz CT molecular complexity index is 960. The van der Waals surface area contributed by atoms with Crippen molar-refractivity contribution in [3.63, 3.8) is 0 Å². The van der Waals surface area contributed by atoms with E-state index < -0.39 is 12.0 Å². The molecule has 0 aromatic heterocycles. The van der Waals surface area contributed by atoms with Crippen molar-refractivity contribution in [3.8, 4) is 5.75 Å². The van der Waals surface area contributed by atoms with Crippen molar-refractivity contribution in [2.45, 2.75) is 19.6 Å². The van der Waals surface area contributed by atoms with E-state index in [-0.39, 0.29) is 19.1 Å². The normalized spacial score (nSPS) is 11.3. The van der Waals surface area contributed by atoms with Gasteiger partial charge in [0, 0.05) is 17.8 Å². The first-order chi connectivity index (χ1) is 15.2. The topological polar surface area (TPSA) is 76.7 Å². The van der Waals surface area contributed by atoms with Crippen LogP contribution in [0.25, 0.3) is 0 Å². The predicted molar refractivity (Wildman–Crippen MR) is 120 cm³/mol. The number of amides is 1. The van der Waals surface area contributed by atoms with Crippen LogP contribution < -0.4 is 15.4 Å². The van der Waals surface area contributed by atoms with Gasteiger partial charge >= 0.3 is 5.97 Å². The third-order valence-electron chi connectivity index (χ3n) is 4.53. The van der Waals surface area contributed by atoms with Gasteiger partial charge in [-0.1, -0.05) is 48.5 Å². The van der Waals surface area contributed by atoms with Crippen LogP contribution in [0.5, 0.6) is 5.75 Å². The van der Waals surface area contributed by atoms with Crippen LogP contribution in [0.1, 0.15) is 22.8 Å². The first kappa shape index (κ1) is 21.9. The second-order valence-electron chi connectivity index (χ2n) is 6.82. The maximum absolute atomic E-state index is 12.4. The molecule has 0 spiro atoms. The van der Waals surface area contributed by atoms with E-state index in [0.717, 1.165) is 17.0 Å². The molecule has 0 radical (unpaired) electrons. The molecule has 0 fully saturated rings. The van der Waals surface area contributed by atoms with Gasteiger partial charge in [0.2, 0.25) is 0 Å². The van der Waals surface area contributed by atoms with Crippen LogP contribution in [0.4, 0.5) is 5.69 Å². The zero-order chi connectivity index (χ0) is 21.9. The van der Waals surface area contributed by atoms with Crippen LogP contribution in [0.3, 0.4) is 0 Å².